The highest BCUT2D eigenvalue weighted by molar-refractivity contribution is 7.10. The van der Waals surface area contributed by atoms with Crippen LogP contribution in [0.1, 0.15) is 51.5 Å². The minimum atomic E-state index is -0.155. The molecule has 108 valence electrons. The first-order chi connectivity index (χ1) is 9.04. The molecule has 0 aliphatic carbocycles. The molecule has 3 nitrogen and oxygen atoms in total. The van der Waals surface area contributed by atoms with Gasteiger partial charge in [-0.05, 0) is 30.7 Å². The predicted molar refractivity (Wildman–Crippen MR) is 82.4 cm³/mol. The highest BCUT2D eigenvalue weighted by Gasteiger charge is 2.19. The number of nitrogens with one attached hydrogen (secondary N) is 2. The van der Waals surface area contributed by atoms with E-state index in [1.807, 2.05) is 6.92 Å². The maximum atomic E-state index is 12.0. The van der Waals surface area contributed by atoms with Crippen molar-refractivity contribution < 1.29 is 4.79 Å². The van der Waals surface area contributed by atoms with Gasteiger partial charge in [-0.1, -0.05) is 33.3 Å². The van der Waals surface area contributed by atoms with Crippen LogP contribution >= 0.6 is 11.3 Å². The smallest absolute Gasteiger partial charge is 0.236 e. The summed E-state index contributed by atoms with van der Waals surface area (Å²) >= 11 is 1.75. The van der Waals surface area contributed by atoms with E-state index >= 15 is 0 Å². The lowest BCUT2D eigenvalue weighted by atomic mass is 10.1. The molecular weight excluding hydrogens is 256 g/mol. The van der Waals surface area contributed by atoms with Gasteiger partial charge in [-0.25, -0.2) is 0 Å². The second-order valence-electron chi connectivity index (χ2n) is 5.38. The highest BCUT2D eigenvalue weighted by Crippen LogP contribution is 2.23. The quantitative estimate of drug-likeness (QED) is 0.768. The maximum Gasteiger partial charge on any atom is 0.236 e. The largest absolute Gasteiger partial charge is 0.354 e. The lowest BCUT2D eigenvalue weighted by molar-refractivity contribution is -0.123. The zero-order valence-electron chi connectivity index (χ0n) is 12.4. The third-order valence-electron chi connectivity index (χ3n) is 2.99. The Kier molecular flexibility index (Phi) is 7.10. The Bertz CT molecular complexity index is 362. The molecule has 1 rings (SSSR count). The summed E-state index contributed by atoms with van der Waals surface area (Å²) in [4.78, 5) is 13.3. The van der Waals surface area contributed by atoms with Crippen molar-refractivity contribution in [3.8, 4) is 0 Å². The Morgan fingerprint density at radius 3 is 2.63 bits per heavy atom. The molecule has 0 bridgehead atoms. The van der Waals surface area contributed by atoms with Crippen LogP contribution in [0.15, 0.2) is 17.5 Å². The number of hydrogen-bond acceptors (Lipinski definition) is 3. The third kappa shape index (κ3) is 5.74. The fourth-order valence-electron chi connectivity index (χ4n) is 1.92. The van der Waals surface area contributed by atoms with Crippen molar-refractivity contribution in [1.29, 1.82) is 0 Å². The maximum absolute atomic E-state index is 12.0. The predicted octanol–water partition coefficient (Wildman–Crippen LogP) is 3.34. The van der Waals surface area contributed by atoms with E-state index in [0.717, 1.165) is 19.4 Å². The lowest BCUT2D eigenvalue weighted by Crippen LogP contribution is -2.44. The lowest BCUT2D eigenvalue weighted by Gasteiger charge is -2.22. The number of carbonyl (C=O) groups excluding carboxylic acids is 1. The van der Waals surface area contributed by atoms with E-state index in [-0.39, 0.29) is 18.0 Å². The SMILES string of the molecule is CCCC(NC(C)C(=O)NCC(C)C)c1cccs1. The Labute approximate surface area is 120 Å². The number of amides is 1. The Hall–Kier alpha value is -0.870. The molecule has 0 spiro atoms. The Morgan fingerprint density at radius 2 is 2.11 bits per heavy atom. The molecule has 2 atom stereocenters. The normalized spacial score (nSPS) is 14.4. The summed E-state index contributed by atoms with van der Waals surface area (Å²) in [6.07, 6.45) is 2.16. The van der Waals surface area contributed by atoms with Gasteiger partial charge in [-0.2, -0.15) is 0 Å². The zero-order valence-corrected chi connectivity index (χ0v) is 13.2. The van der Waals surface area contributed by atoms with Gasteiger partial charge in [0.1, 0.15) is 0 Å². The standard InChI is InChI=1S/C15H26N2OS/c1-5-7-13(14-8-6-9-19-14)17-12(4)15(18)16-10-11(2)3/h6,8-9,11-13,17H,5,7,10H2,1-4H3,(H,16,18). The van der Waals surface area contributed by atoms with Crippen molar-refractivity contribution in [2.75, 3.05) is 6.54 Å². The van der Waals surface area contributed by atoms with E-state index in [0.29, 0.717) is 5.92 Å². The number of rotatable bonds is 8. The Morgan fingerprint density at radius 1 is 1.37 bits per heavy atom. The van der Waals surface area contributed by atoms with Gasteiger partial charge in [-0.15, -0.1) is 11.3 Å². The minimum absolute atomic E-state index is 0.0892. The van der Waals surface area contributed by atoms with E-state index in [1.54, 1.807) is 11.3 Å². The third-order valence-corrected chi connectivity index (χ3v) is 3.98. The summed E-state index contributed by atoms with van der Waals surface area (Å²) in [6.45, 7) is 9.05. The topological polar surface area (TPSA) is 41.1 Å². The van der Waals surface area contributed by atoms with Gasteiger partial charge in [0, 0.05) is 17.5 Å². The second-order valence-corrected chi connectivity index (χ2v) is 6.36. The minimum Gasteiger partial charge on any atom is -0.354 e. The molecule has 2 N–H and O–H groups in total. The van der Waals surface area contributed by atoms with Gasteiger partial charge in [0.2, 0.25) is 5.91 Å². The highest BCUT2D eigenvalue weighted by atomic mass is 32.1. The first kappa shape index (κ1) is 16.2. The van der Waals surface area contributed by atoms with Crippen LogP contribution in [-0.4, -0.2) is 18.5 Å². The molecule has 0 fully saturated rings. The molecule has 1 amide bonds. The van der Waals surface area contributed by atoms with Gasteiger partial charge < -0.3 is 5.32 Å². The number of thiophene rings is 1. The van der Waals surface area contributed by atoms with Gasteiger partial charge in [0.05, 0.1) is 6.04 Å². The summed E-state index contributed by atoms with van der Waals surface area (Å²) in [6, 6.07) is 4.33. The van der Waals surface area contributed by atoms with Crippen molar-refractivity contribution in [2.45, 2.75) is 52.6 Å². The molecule has 0 saturated carbocycles. The van der Waals surface area contributed by atoms with Gasteiger partial charge >= 0.3 is 0 Å². The van der Waals surface area contributed by atoms with Gasteiger partial charge in [0.25, 0.3) is 0 Å². The molecule has 19 heavy (non-hydrogen) atoms. The van der Waals surface area contributed by atoms with Crippen LogP contribution in [0.3, 0.4) is 0 Å². The summed E-state index contributed by atoms with van der Waals surface area (Å²) in [5, 5.41) is 8.51. The zero-order chi connectivity index (χ0) is 14.3. The molecule has 1 aromatic heterocycles. The molecule has 0 aliphatic rings. The molecule has 0 saturated heterocycles. The second kappa shape index (κ2) is 8.33. The fraction of sp³-hybridized carbons (Fsp3) is 0.667. The van der Waals surface area contributed by atoms with Crippen LogP contribution in [0.5, 0.6) is 0 Å². The van der Waals surface area contributed by atoms with Crippen molar-refractivity contribution in [3.05, 3.63) is 22.4 Å². The first-order valence-electron chi connectivity index (χ1n) is 7.11. The van der Waals surface area contributed by atoms with E-state index in [1.165, 1.54) is 4.88 Å². The molecule has 4 heteroatoms. The summed E-state index contributed by atoms with van der Waals surface area (Å²) in [7, 11) is 0. The van der Waals surface area contributed by atoms with Crippen LogP contribution in [0.25, 0.3) is 0 Å². The van der Waals surface area contributed by atoms with Crippen molar-refractivity contribution in [2.24, 2.45) is 5.92 Å². The molecule has 1 heterocycles. The van der Waals surface area contributed by atoms with Crippen LogP contribution in [0.4, 0.5) is 0 Å². The molecule has 0 radical (unpaired) electrons. The van der Waals surface area contributed by atoms with Crippen LogP contribution < -0.4 is 10.6 Å². The number of carbonyl (C=O) groups is 1. The molecule has 0 aromatic carbocycles. The van der Waals surface area contributed by atoms with E-state index in [9.17, 15) is 4.79 Å². The number of hydrogen-bond donors (Lipinski definition) is 2. The molecular formula is C15H26N2OS. The van der Waals surface area contributed by atoms with Crippen LogP contribution in [-0.2, 0) is 4.79 Å². The summed E-state index contributed by atoms with van der Waals surface area (Å²) in [5.41, 5.74) is 0. The Balaban J connectivity index is 2.51. The summed E-state index contributed by atoms with van der Waals surface area (Å²) < 4.78 is 0. The van der Waals surface area contributed by atoms with Crippen molar-refractivity contribution >= 4 is 17.2 Å². The molecule has 1 aromatic rings. The molecule has 2 unspecified atom stereocenters. The van der Waals surface area contributed by atoms with Crippen LogP contribution in [0.2, 0.25) is 0 Å². The molecule has 0 aliphatic heterocycles. The van der Waals surface area contributed by atoms with E-state index in [2.05, 4.69) is 48.9 Å². The van der Waals surface area contributed by atoms with Crippen molar-refractivity contribution in [1.82, 2.24) is 10.6 Å². The average molecular weight is 282 g/mol. The average Bonchev–Trinajstić information content (AvgIpc) is 2.88. The van der Waals surface area contributed by atoms with Crippen molar-refractivity contribution in [3.63, 3.8) is 0 Å². The summed E-state index contributed by atoms with van der Waals surface area (Å²) in [5.74, 6) is 0.575. The van der Waals surface area contributed by atoms with Gasteiger partial charge in [-0.3, -0.25) is 10.1 Å². The van der Waals surface area contributed by atoms with Crippen LogP contribution in [0, 0.1) is 5.92 Å². The first-order valence-corrected chi connectivity index (χ1v) is 7.99. The van der Waals surface area contributed by atoms with E-state index in [4.69, 9.17) is 0 Å². The monoisotopic (exact) mass is 282 g/mol. The fourth-order valence-corrected chi connectivity index (χ4v) is 2.74. The van der Waals surface area contributed by atoms with E-state index < -0.39 is 0 Å². The van der Waals surface area contributed by atoms with Gasteiger partial charge in [0.15, 0.2) is 0 Å².